The number of alkyl halides is 2. The van der Waals surface area contributed by atoms with Gasteiger partial charge in [-0.2, -0.15) is 13.8 Å². The lowest BCUT2D eigenvalue weighted by Crippen LogP contribution is -2.46. The van der Waals surface area contributed by atoms with E-state index in [0.29, 0.717) is 17.1 Å². The average Bonchev–Trinajstić information content (AvgIpc) is 3.37. The number of amides is 2. The van der Waals surface area contributed by atoms with Crippen molar-refractivity contribution in [1.82, 2.24) is 20.2 Å². The lowest BCUT2D eigenvalue weighted by atomic mass is 10.0. The average molecular weight is 500 g/mol. The zero-order valence-electron chi connectivity index (χ0n) is 20.3. The summed E-state index contributed by atoms with van der Waals surface area (Å²) in [5.41, 5.74) is 1.39. The van der Waals surface area contributed by atoms with Crippen LogP contribution in [0.25, 0.3) is 0 Å². The summed E-state index contributed by atoms with van der Waals surface area (Å²) in [5.74, 6) is -4.47. The third-order valence-corrected chi connectivity index (χ3v) is 7.21. The van der Waals surface area contributed by atoms with Gasteiger partial charge in [0, 0.05) is 23.3 Å². The maximum atomic E-state index is 14.5. The van der Waals surface area contributed by atoms with Crippen molar-refractivity contribution < 1.29 is 18.4 Å². The number of carbonyl (C=O) groups excluding carboxylic acids is 2. The van der Waals surface area contributed by atoms with Crippen LogP contribution >= 0.6 is 0 Å². The smallest absolute Gasteiger partial charge is 0.341 e. The number of nitrogens with one attached hydrogen (secondary N) is 3. The van der Waals surface area contributed by atoms with Gasteiger partial charge in [0.25, 0.3) is 11.8 Å². The highest BCUT2D eigenvalue weighted by atomic mass is 19.3. The van der Waals surface area contributed by atoms with Crippen LogP contribution in [0.15, 0.2) is 30.5 Å². The number of fused-ring (bicyclic) bond motifs is 1. The molecule has 2 amide bonds. The lowest BCUT2D eigenvalue weighted by Gasteiger charge is -2.31. The van der Waals surface area contributed by atoms with Crippen LogP contribution in [0.5, 0.6) is 0 Å². The van der Waals surface area contributed by atoms with Gasteiger partial charge < -0.3 is 25.8 Å². The van der Waals surface area contributed by atoms with Crippen LogP contribution in [-0.2, 0) is 4.79 Å². The Hall–Kier alpha value is -3.34. The Kier molecular flexibility index (Phi) is 6.74. The van der Waals surface area contributed by atoms with Gasteiger partial charge in [-0.05, 0) is 70.1 Å². The first-order valence-electron chi connectivity index (χ1n) is 12.5. The number of piperidine rings is 1. The van der Waals surface area contributed by atoms with E-state index < -0.39 is 18.4 Å². The maximum absolute atomic E-state index is 14.5. The van der Waals surface area contributed by atoms with Gasteiger partial charge in [0.15, 0.2) is 5.82 Å². The van der Waals surface area contributed by atoms with E-state index >= 15 is 0 Å². The van der Waals surface area contributed by atoms with Crippen molar-refractivity contribution in [2.75, 3.05) is 42.2 Å². The van der Waals surface area contributed by atoms with Gasteiger partial charge in [0.05, 0.1) is 12.7 Å². The molecule has 3 heterocycles. The predicted octanol–water partition coefficient (Wildman–Crippen LogP) is 3.38. The molecule has 2 aliphatic heterocycles. The Balaban J connectivity index is 1.30. The molecule has 192 valence electrons. The van der Waals surface area contributed by atoms with Gasteiger partial charge in [-0.15, -0.1) is 0 Å². The van der Waals surface area contributed by atoms with Gasteiger partial charge in [0.1, 0.15) is 5.69 Å². The second kappa shape index (κ2) is 9.96. The highest BCUT2D eigenvalue weighted by Gasteiger charge is 2.46. The number of hydrogen-bond acceptors (Lipinski definition) is 7. The third-order valence-electron chi connectivity index (χ3n) is 7.21. The highest BCUT2D eigenvalue weighted by molar-refractivity contribution is 6.00. The van der Waals surface area contributed by atoms with Crippen LogP contribution in [0.3, 0.4) is 0 Å². The number of benzene rings is 1. The van der Waals surface area contributed by atoms with Crippen molar-refractivity contribution in [3.05, 3.63) is 36.0 Å². The van der Waals surface area contributed by atoms with Crippen LogP contribution in [0.4, 0.5) is 31.9 Å². The van der Waals surface area contributed by atoms with Crippen molar-refractivity contribution in [2.45, 2.75) is 56.5 Å². The largest absolute Gasteiger partial charge is 0.349 e. The van der Waals surface area contributed by atoms with Crippen LogP contribution < -0.4 is 20.9 Å². The van der Waals surface area contributed by atoms with E-state index in [2.05, 4.69) is 37.9 Å². The number of aromatic nitrogens is 2. The molecule has 0 bridgehead atoms. The van der Waals surface area contributed by atoms with E-state index in [1.165, 1.54) is 6.20 Å². The van der Waals surface area contributed by atoms with Gasteiger partial charge in [0.2, 0.25) is 5.95 Å². The standard InChI is InChI=1S/C25H31F2N7O2/c1-33-12-10-18(11-13-33)29-22(35)16-6-8-17(9-7-16)30-24-28-14-20-21(32-24)34(19-4-2-3-5-19)15-25(26,27)23(36)31-20/h6-9,14,18-19H,2-5,10-13,15H2,1H3,(H,29,35)(H,31,36)(H,28,30,32). The quantitative estimate of drug-likeness (QED) is 0.580. The summed E-state index contributed by atoms with van der Waals surface area (Å²) in [5, 5.41) is 8.46. The predicted molar refractivity (Wildman–Crippen MR) is 133 cm³/mol. The molecule has 11 heteroatoms. The molecule has 0 unspecified atom stereocenters. The molecule has 5 rings (SSSR count). The van der Waals surface area contributed by atoms with Gasteiger partial charge in [-0.25, -0.2) is 4.98 Å². The molecule has 0 spiro atoms. The number of anilines is 4. The van der Waals surface area contributed by atoms with Gasteiger partial charge in [-0.3, -0.25) is 9.59 Å². The van der Waals surface area contributed by atoms with Crippen LogP contribution in [0.1, 0.15) is 48.9 Å². The summed E-state index contributed by atoms with van der Waals surface area (Å²) < 4.78 is 29.0. The first kappa shape index (κ1) is 24.4. The number of nitrogens with zero attached hydrogens (tertiary/aromatic N) is 4. The maximum Gasteiger partial charge on any atom is 0.341 e. The molecule has 1 saturated heterocycles. The summed E-state index contributed by atoms with van der Waals surface area (Å²) in [6.07, 6.45) is 6.68. The molecule has 1 aliphatic carbocycles. The monoisotopic (exact) mass is 499 g/mol. The molecule has 2 fully saturated rings. The Morgan fingerprint density at radius 3 is 2.50 bits per heavy atom. The van der Waals surface area contributed by atoms with Crippen molar-refractivity contribution in [2.24, 2.45) is 0 Å². The zero-order valence-corrected chi connectivity index (χ0v) is 20.3. The van der Waals surface area contributed by atoms with E-state index in [9.17, 15) is 18.4 Å². The second-order valence-electron chi connectivity index (χ2n) is 9.91. The van der Waals surface area contributed by atoms with Crippen LogP contribution in [-0.4, -0.2) is 71.4 Å². The Labute approximate surface area is 208 Å². The fourth-order valence-electron chi connectivity index (χ4n) is 5.09. The van der Waals surface area contributed by atoms with E-state index in [1.807, 2.05) is 0 Å². The molecule has 36 heavy (non-hydrogen) atoms. The van der Waals surface area contributed by atoms with E-state index in [-0.39, 0.29) is 29.6 Å². The second-order valence-corrected chi connectivity index (χ2v) is 9.91. The minimum absolute atomic E-state index is 0.104. The first-order chi connectivity index (χ1) is 17.3. The minimum atomic E-state index is -3.53. The van der Waals surface area contributed by atoms with Crippen molar-refractivity contribution in [3.63, 3.8) is 0 Å². The molecule has 1 saturated carbocycles. The summed E-state index contributed by atoms with van der Waals surface area (Å²) in [6, 6.07) is 7.03. The molecule has 3 aliphatic rings. The third kappa shape index (κ3) is 5.25. The number of carbonyl (C=O) groups is 2. The SMILES string of the molecule is CN1CCC(NC(=O)c2ccc(Nc3ncc4c(n3)N(C3CCCC3)CC(F)(F)C(=O)N4)cc2)CC1. The molecule has 1 aromatic carbocycles. The molecule has 2 aromatic rings. The van der Waals surface area contributed by atoms with Gasteiger partial charge in [-0.1, -0.05) is 12.8 Å². The van der Waals surface area contributed by atoms with Crippen molar-refractivity contribution in [3.8, 4) is 0 Å². The molecule has 1 aromatic heterocycles. The minimum Gasteiger partial charge on any atom is -0.349 e. The van der Waals surface area contributed by atoms with E-state index in [4.69, 9.17) is 0 Å². The van der Waals surface area contributed by atoms with Crippen molar-refractivity contribution >= 4 is 35.0 Å². The number of hydrogen-bond donors (Lipinski definition) is 3. The lowest BCUT2D eigenvalue weighted by molar-refractivity contribution is -0.138. The fourth-order valence-corrected chi connectivity index (χ4v) is 5.09. The Bertz CT molecular complexity index is 1110. The molecular weight excluding hydrogens is 468 g/mol. The number of likely N-dealkylation sites (tertiary alicyclic amines) is 1. The molecule has 0 atom stereocenters. The molecule has 3 N–H and O–H groups in total. The zero-order chi connectivity index (χ0) is 25.3. The van der Waals surface area contributed by atoms with Crippen LogP contribution in [0.2, 0.25) is 0 Å². The van der Waals surface area contributed by atoms with E-state index in [0.717, 1.165) is 51.6 Å². The molecule has 9 nitrogen and oxygen atoms in total. The Morgan fingerprint density at radius 2 is 1.81 bits per heavy atom. The Morgan fingerprint density at radius 1 is 1.11 bits per heavy atom. The fraction of sp³-hybridized carbons (Fsp3) is 0.520. The number of rotatable bonds is 5. The summed E-state index contributed by atoms with van der Waals surface area (Å²) in [6.45, 7) is 1.22. The van der Waals surface area contributed by atoms with E-state index in [1.54, 1.807) is 29.2 Å². The summed E-state index contributed by atoms with van der Waals surface area (Å²) in [4.78, 5) is 37.2. The topological polar surface area (TPSA) is 102 Å². The number of halogens is 2. The molecular formula is C25H31F2N7O2. The van der Waals surface area contributed by atoms with Crippen molar-refractivity contribution in [1.29, 1.82) is 0 Å². The first-order valence-corrected chi connectivity index (χ1v) is 12.5. The normalized spacial score (nSPS) is 21.0. The highest BCUT2D eigenvalue weighted by Crippen LogP contribution is 2.37. The van der Waals surface area contributed by atoms with Gasteiger partial charge >= 0.3 is 5.92 Å². The molecule has 0 radical (unpaired) electrons. The summed E-state index contributed by atoms with van der Waals surface area (Å²) >= 11 is 0. The summed E-state index contributed by atoms with van der Waals surface area (Å²) in [7, 11) is 2.08. The van der Waals surface area contributed by atoms with Crippen LogP contribution in [0, 0.1) is 0 Å².